The molecular weight excluding hydrogens is 601 g/mol. The summed E-state index contributed by atoms with van der Waals surface area (Å²) in [7, 11) is 1.78. The molecule has 0 radical (unpaired) electrons. The lowest BCUT2D eigenvalue weighted by molar-refractivity contribution is 0.171. The summed E-state index contributed by atoms with van der Waals surface area (Å²) in [5.41, 5.74) is 8.27. The van der Waals surface area contributed by atoms with Crippen LogP contribution < -0.4 is 4.74 Å². The third-order valence-electron chi connectivity index (χ3n) is 10.9. The van der Waals surface area contributed by atoms with Crippen molar-refractivity contribution in [2.45, 2.75) is 103 Å². The molecule has 0 bridgehead atoms. The van der Waals surface area contributed by atoms with Crippen molar-refractivity contribution in [1.82, 2.24) is 9.80 Å². The van der Waals surface area contributed by atoms with Crippen molar-refractivity contribution in [3.63, 3.8) is 0 Å². The lowest BCUT2D eigenvalue weighted by atomic mass is 9.86. The number of rotatable bonds is 13. The summed E-state index contributed by atoms with van der Waals surface area (Å²) in [5, 5.41) is 10.1. The van der Waals surface area contributed by atoms with Crippen LogP contribution in [0.25, 0.3) is 0 Å². The normalized spacial score (nSPS) is 18.2. The molecule has 1 N–H and O–H groups in total. The zero-order chi connectivity index (χ0) is 34.6. The average molecular weight is 661 g/mol. The van der Waals surface area contributed by atoms with Gasteiger partial charge in [0, 0.05) is 25.2 Å². The lowest BCUT2D eigenvalue weighted by Crippen LogP contribution is -2.41. The lowest BCUT2D eigenvalue weighted by Gasteiger charge is -2.37. The molecular formula is C45H60N2O2. The van der Waals surface area contributed by atoms with Crippen molar-refractivity contribution < 1.29 is 9.84 Å². The van der Waals surface area contributed by atoms with Gasteiger partial charge in [0.2, 0.25) is 0 Å². The quantitative estimate of drug-likeness (QED) is 0.155. The van der Waals surface area contributed by atoms with E-state index in [1.54, 1.807) is 7.11 Å². The van der Waals surface area contributed by atoms with Crippen LogP contribution in [0.2, 0.25) is 0 Å². The topological polar surface area (TPSA) is 35.9 Å². The highest BCUT2D eigenvalue weighted by atomic mass is 16.5. The molecule has 4 aromatic carbocycles. The van der Waals surface area contributed by atoms with Gasteiger partial charge in [-0.15, -0.1) is 0 Å². The number of hydrogen-bond donors (Lipinski definition) is 1. The average Bonchev–Trinajstić information content (AvgIpc) is 3.15. The maximum absolute atomic E-state index is 10.1. The van der Waals surface area contributed by atoms with Crippen LogP contribution in [0.4, 0.5) is 0 Å². The Kier molecular flexibility index (Phi) is 13.8. The Balaban J connectivity index is 0.000000191. The van der Waals surface area contributed by atoms with Gasteiger partial charge in [0.05, 0.1) is 7.11 Å². The number of methoxy groups -OCH3 is 1. The van der Waals surface area contributed by atoms with E-state index in [1.807, 2.05) is 12.1 Å². The molecule has 0 saturated heterocycles. The van der Waals surface area contributed by atoms with Crippen LogP contribution in [0.1, 0.15) is 98.6 Å². The molecule has 0 heterocycles. The SMILES string of the molecule is CCCN(CC(C)c1ccccc1)C1CCc2c(O)cccc2C1.CCCN(CC(C)c1ccccc1)C1CCc2c(cccc2OC)C1. The van der Waals surface area contributed by atoms with Crippen LogP contribution in [0, 0.1) is 0 Å². The molecule has 0 saturated carbocycles. The Hall–Kier alpha value is -3.60. The van der Waals surface area contributed by atoms with E-state index in [0.717, 1.165) is 57.5 Å². The Morgan fingerprint density at radius 3 is 1.59 bits per heavy atom. The highest BCUT2D eigenvalue weighted by molar-refractivity contribution is 5.43. The van der Waals surface area contributed by atoms with Crippen molar-refractivity contribution >= 4 is 0 Å². The third kappa shape index (κ3) is 9.77. The van der Waals surface area contributed by atoms with E-state index in [2.05, 4.69) is 122 Å². The molecule has 49 heavy (non-hydrogen) atoms. The molecule has 4 heteroatoms. The van der Waals surface area contributed by atoms with Gasteiger partial charge in [-0.1, -0.05) is 113 Å². The van der Waals surface area contributed by atoms with Gasteiger partial charge in [0.1, 0.15) is 11.5 Å². The standard InChI is InChI=1S/C23H31NO.C22H29NO/c1-4-15-24(17-18(2)19-9-6-5-7-10-19)21-13-14-22-20(16-21)11-8-12-23(22)25-3;1-3-14-23(16-17(2)18-8-5-4-6-9-18)20-12-13-21-19(15-20)10-7-11-22(21)24/h5-12,18,21H,4,13-17H2,1-3H3;4-11,17,20,24H,3,12-16H2,1-2H3. The number of ether oxygens (including phenoxy) is 1. The molecule has 4 atom stereocenters. The Morgan fingerprint density at radius 1 is 0.633 bits per heavy atom. The summed E-state index contributed by atoms with van der Waals surface area (Å²) in [5.74, 6) is 2.66. The van der Waals surface area contributed by atoms with Gasteiger partial charge >= 0.3 is 0 Å². The zero-order valence-electron chi connectivity index (χ0n) is 30.8. The fraction of sp³-hybridized carbons (Fsp3) is 0.467. The van der Waals surface area contributed by atoms with Crippen molar-refractivity contribution in [2.75, 3.05) is 33.3 Å². The van der Waals surface area contributed by atoms with Crippen molar-refractivity contribution in [3.05, 3.63) is 130 Å². The minimum atomic E-state index is 0.477. The van der Waals surface area contributed by atoms with E-state index in [-0.39, 0.29) is 0 Å². The molecule has 4 aromatic rings. The predicted molar refractivity (Wildman–Crippen MR) is 206 cm³/mol. The van der Waals surface area contributed by atoms with Crippen molar-refractivity contribution in [3.8, 4) is 11.5 Å². The van der Waals surface area contributed by atoms with Gasteiger partial charge in [0.25, 0.3) is 0 Å². The Morgan fingerprint density at radius 2 is 1.10 bits per heavy atom. The van der Waals surface area contributed by atoms with Crippen molar-refractivity contribution in [1.29, 1.82) is 0 Å². The van der Waals surface area contributed by atoms with Gasteiger partial charge < -0.3 is 9.84 Å². The summed E-state index contributed by atoms with van der Waals surface area (Å²) in [6.07, 6.45) is 9.10. The first-order valence-corrected chi connectivity index (χ1v) is 18.9. The summed E-state index contributed by atoms with van der Waals surface area (Å²) < 4.78 is 5.56. The molecule has 0 aromatic heterocycles. The molecule has 4 nitrogen and oxygen atoms in total. The predicted octanol–water partition coefficient (Wildman–Crippen LogP) is 9.83. The highest BCUT2D eigenvalue weighted by Crippen LogP contribution is 2.33. The first-order chi connectivity index (χ1) is 23.9. The maximum atomic E-state index is 10.1. The second-order valence-electron chi connectivity index (χ2n) is 14.4. The number of phenolic OH excluding ortho intramolecular Hbond substituents is 1. The molecule has 262 valence electrons. The maximum Gasteiger partial charge on any atom is 0.122 e. The molecule has 0 spiro atoms. The number of fused-ring (bicyclic) bond motifs is 2. The van der Waals surface area contributed by atoms with E-state index >= 15 is 0 Å². The summed E-state index contributed by atoms with van der Waals surface area (Å²) >= 11 is 0. The number of nitrogens with zero attached hydrogens (tertiary/aromatic N) is 2. The molecule has 4 unspecified atom stereocenters. The first-order valence-electron chi connectivity index (χ1n) is 18.9. The summed E-state index contributed by atoms with van der Waals surface area (Å²) in [4.78, 5) is 5.39. The molecule has 0 amide bonds. The van der Waals surface area contributed by atoms with Gasteiger partial charge in [-0.2, -0.15) is 0 Å². The van der Waals surface area contributed by atoms with E-state index in [1.165, 1.54) is 59.2 Å². The number of benzene rings is 4. The van der Waals surface area contributed by atoms with Crippen molar-refractivity contribution in [2.24, 2.45) is 0 Å². The second kappa shape index (κ2) is 18.4. The molecule has 6 rings (SSSR count). The third-order valence-corrected chi connectivity index (χ3v) is 10.9. The molecule has 2 aliphatic rings. The molecule has 0 fully saturated rings. The van der Waals surface area contributed by atoms with Crippen LogP contribution in [-0.4, -0.2) is 60.3 Å². The van der Waals surface area contributed by atoms with Crippen LogP contribution >= 0.6 is 0 Å². The van der Waals surface area contributed by atoms with E-state index in [0.29, 0.717) is 29.7 Å². The largest absolute Gasteiger partial charge is 0.508 e. The number of hydrogen-bond acceptors (Lipinski definition) is 4. The Bertz CT molecular complexity index is 1560. The number of aromatic hydroxyl groups is 1. The number of phenols is 1. The van der Waals surface area contributed by atoms with Crippen LogP contribution in [0.15, 0.2) is 97.1 Å². The van der Waals surface area contributed by atoms with Gasteiger partial charge in [-0.25, -0.2) is 0 Å². The van der Waals surface area contributed by atoms with E-state index in [9.17, 15) is 5.11 Å². The van der Waals surface area contributed by atoms with Crippen LogP contribution in [0.5, 0.6) is 11.5 Å². The molecule has 2 aliphatic carbocycles. The fourth-order valence-corrected chi connectivity index (χ4v) is 8.23. The van der Waals surface area contributed by atoms with Crippen LogP contribution in [0.3, 0.4) is 0 Å². The second-order valence-corrected chi connectivity index (χ2v) is 14.4. The monoisotopic (exact) mass is 660 g/mol. The van der Waals surface area contributed by atoms with Gasteiger partial charge in [-0.05, 0) is 122 Å². The van der Waals surface area contributed by atoms with Gasteiger partial charge in [0.15, 0.2) is 0 Å². The molecule has 0 aliphatic heterocycles. The fourth-order valence-electron chi connectivity index (χ4n) is 8.23. The minimum Gasteiger partial charge on any atom is -0.508 e. The minimum absolute atomic E-state index is 0.477. The van der Waals surface area contributed by atoms with E-state index in [4.69, 9.17) is 4.74 Å². The smallest absolute Gasteiger partial charge is 0.122 e. The summed E-state index contributed by atoms with van der Waals surface area (Å²) in [6.45, 7) is 13.8. The summed E-state index contributed by atoms with van der Waals surface area (Å²) in [6, 6.07) is 35.5. The van der Waals surface area contributed by atoms with Crippen LogP contribution in [-0.2, 0) is 25.7 Å². The Labute approximate surface area is 297 Å². The first kappa shape index (κ1) is 36.7. The van der Waals surface area contributed by atoms with Gasteiger partial charge in [-0.3, -0.25) is 9.80 Å². The zero-order valence-corrected chi connectivity index (χ0v) is 30.8. The highest BCUT2D eigenvalue weighted by Gasteiger charge is 2.28. The van der Waals surface area contributed by atoms with E-state index < -0.39 is 0 Å².